The van der Waals surface area contributed by atoms with Gasteiger partial charge in [-0.25, -0.2) is 12.7 Å². The minimum absolute atomic E-state index is 0.170. The molecule has 138 valence electrons. The second-order valence-electron chi connectivity index (χ2n) is 6.33. The monoisotopic (exact) mass is 391 g/mol. The molecule has 26 heavy (non-hydrogen) atoms. The molecule has 1 aliphatic heterocycles. The Hall–Kier alpha value is -2.03. The quantitative estimate of drug-likeness (QED) is 0.415. The third kappa shape index (κ3) is 2.98. The van der Waals surface area contributed by atoms with Crippen LogP contribution in [0.5, 0.6) is 0 Å². The average molecular weight is 392 g/mol. The number of sulfonamides is 1. The van der Waals surface area contributed by atoms with Gasteiger partial charge < -0.3 is 5.32 Å². The molecule has 0 amide bonds. The molecule has 2 aromatic carbocycles. The molecule has 0 saturated carbocycles. The van der Waals surface area contributed by atoms with Gasteiger partial charge in [-0.15, -0.1) is 12.6 Å². The number of nitrogens with one attached hydrogen (secondary N) is 2. The minimum Gasteiger partial charge on any atom is -0.339 e. The van der Waals surface area contributed by atoms with Gasteiger partial charge in [-0.3, -0.25) is 10.1 Å². The molecule has 1 aliphatic rings. The maximum atomic E-state index is 12.9. The van der Waals surface area contributed by atoms with Crippen LogP contribution in [0.3, 0.4) is 0 Å². The number of nitrogens with zero attached hydrogens (tertiary/aromatic N) is 1. The van der Waals surface area contributed by atoms with Crippen molar-refractivity contribution in [1.82, 2.24) is 5.32 Å². The van der Waals surface area contributed by atoms with Gasteiger partial charge in [0.2, 0.25) is 15.1 Å². The highest BCUT2D eigenvalue weighted by Gasteiger charge is 2.47. The van der Waals surface area contributed by atoms with Crippen LogP contribution in [0.1, 0.15) is 29.8 Å². The third-order valence-corrected chi connectivity index (χ3v) is 7.16. The molecule has 1 unspecified atom stereocenters. The van der Waals surface area contributed by atoms with E-state index in [-0.39, 0.29) is 5.78 Å². The van der Waals surface area contributed by atoms with Crippen LogP contribution in [-0.2, 0) is 10.0 Å². The lowest BCUT2D eigenvalue weighted by Crippen LogP contribution is -2.59. The predicted molar refractivity (Wildman–Crippen MR) is 107 cm³/mol. The van der Waals surface area contributed by atoms with E-state index in [1.807, 2.05) is 6.07 Å². The molecule has 1 heterocycles. The van der Waals surface area contributed by atoms with Crippen molar-refractivity contribution < 1.29 is 13.2 Å². The lowest BCUT2D eigenvalue weighted by molar-refractivity contribution is 0.103. The second kappa shape index (κ2) is 6.61. The van der Waals surface area contributed by atoms with E-state index in [1.54, 1.807) is 63.4 Å². The highest BCUT2D eigenvalue weighted by Crippen LogP contribution is 2.44. The van der Waals surface area contributed by atoms with Gasteiger partial charge >= 0.3 is 0 Å². The first kappa shape index (κ1) is 18.8. The Morgan fingerprint density at radius 3 is 2.38 bits per heavy atom. The number of benzene rings is 2. The van der Waals surface area contributed by atoms with Gasteiger partial charge in [-0.05, 0) is 39.1 Å². The predicted octanol–water partition coefficient (Wildman–Crippen LogP) is 2.65. The average Bonchev–Trinajstić information content (AvgIpc) is 2.94. The van der Waals surface area contributed by atoms with E-state index in [1.165, 1.54) is 4.31 Å². The second-order valence-corrected chi connectivity index (χ2v) is 9.32. The van der Waals surface area contributed by atoms with Crippen LogP contribution in [0.15, 0.2) is 48.5 Å². The number of hydrogen-bond donors (Lipinski definition) is 3. The van der Waals surface area contributed by atoms with Gasteiger partial charge in [0.25, 0.3) is 0 Å². The molecule has 0 spiro atoms. The van der Waals surface area contributed by atoms with Crippen LogP contribution in [0, 0.1) is 0 Å². The fourth-order valence-electron chi connectivity index (χ4n) is 2.81. The molecule has 0 bridgehead atoms. The van der Waals surface area contributed by atoms with Crippen molar-refractivity contribution in [3.63, 3.8) is 0 Å². The molecular weight excluding hydrogens is 370 g/mol. The maximum absolute atomic E-state index is 12.9. The summed E-state index contributed by atoms with van der Waals surface area (Å²) in [4.78, 5) is 12.7. The first-order valence-corrected chi connectivity index (χ1v) is 10.1. The summed E-state index contributed by atoms with van der Waals surface area (Å²) in [5, 5.41) is 4.00. The van der Waals surface area contributed by atoms with Crippen molar-refractivity contribution in [3.8, 4) is 0 Å². The number of thiol groups is 1. The molecule has 8 heteroatoms. The summed E-state index contributed by atoms with van der Waals surface area (Å²) < 4.78 is 27.1. The first-order valence-electron chi connectivity index (χ1n) is 8.18. The third-order valence-electron chi connectivity index (χ3n) is 4.32. The minimum atomic E-state index is -3.70. The van der Waals surface area contributed by atoms with Gasteiger partial charge in [0, 0.05) is 11.1 Å². The molecule has 0 saturated heterocycles. The zero-order valence-corrected chi connectivity index (χ0v) is 16.4. The zero-order chi connectivity index (χ0) is 19.1. The van der Waals surface area contributed by atoms with Gasteiger partial charge in [-0.2, -0.15) is 0 Å². The molecule has 3 rings (SSSR count). The Morgan fingerprint density at radius 2 is 1.81 bits per heavy atom. The van der Waals surface area contributed by atoms with E-state index in [4.69, 9.17) is 0 Å². The summed E-state index contributed by atoms with van der Waals surface area (Å²) >= 11 is 4.50. The van der Waals surface area contributed by atoms with Crippen LogP contribution in [0.4, 0.5) is 11.4 Å². The number of hydrogen-bond acceptors (Lipinski definition) is 6. The number of anilines is 2. The summed E-state index contributed by atoms with van der Waals surface area (Å²) in [6, 6.07) is 13.8. The molecular formula is C18H21N3O3S2. The van der Waals surface area contributed by atoms with E-state index >= 15 is 0 Å². The zero-order valence-electron chi connectivity index (χ0n) is 14.7. The Balaban J connectivity index is 2.12. The van der Waals surface area contributed by atoms with Crippen LogP contribution in [0.25, 0.3) is 0 Å². The van der Waals surface area contributed by atoms with Gasteiger partial charge in [0.05, 0.1) is 16.6 Å². The van der Waals surface area contributed by atoms with Gasteiger partial charge in [-0.1, -0.05) is 30.3 Å². The number of ketones is 1. The molecule has 2 N–H and O–H groups in total. The first-order chi connectivity index (χ1) is 12.2. The summed E-state index contributed by atoms with van der Waals surface area (Å²) in [6.07, 6.45) is 0. The van der Waals surface area contributed by atoms with Crippen molar-refractivity contribution in [2.24, 2.45) is 0 Å². The summed E-state index contributed by atoms with van der Waals surface area (Å²) in [5.74, 6) is -0.170. The smallest absolute Gasteiger partial charge is 0.241 e. The van der Waals surface area contributed by atoms with Crippen LogP contribution in [-0.4, -0.2) is 31.6 Å². The molecule has 1 atom stereocenters. The van der Waals surface area contributed by atoms with Crippen LogP contribution >= 0.6 is 12.6 Å². The lowest BCUT2D eigenvalue weighted by atomic mass is 10.0. The highest BCUT2D eigenvalue weighted by atomic mass is 32.2. The highest BCUT2D eigenvalue weighted by molar-refractivity contribution is 7.94. The number of rotatable bonds is 5. The normalized spacial score (nSPS) is 19.3. The van der Waals surface area contributed by atoms with Crippen molar-refractivity contribution in [2.75, 3.05) is 16.7 Å². The van der Waals surface area contributed by atoms with E-state index < -0.39 is 20.4 Å². The van der Waals surface area contributed by atoms with E-state index in [9.17, 15) is 13.2 Å². The number of carbonyl (C=O) groups excluding carboxylic acids is 1. The molecule has 0 radical (unpaired) electrons. The maximum Gasteiger partial charge on any atom is 0.241 e. The Labute approximate surface area is 159 Å². The number of fused-ring (bicyclic) bond motifs is 1. The summed E-state index contributed by atoms with van der Waals surface area (Å²) in [5.41, 5.74) is 1.94. The summed E-state index contributed by atoms with van der Waals surface area (Å²) in [6.45, 7) is 3.21. The summed E-state index contributed by atoms with van der Waals surface area (Å²) in [7, 11) is -2.08. The Morgan fingerprint density at radius 1 is 1.15 bits per heavy atom. The van der Waals surface area contributed by atoms with E-state index in [0.29, 0.717) is 22.5 Å². The lowest BCUT2D eigenvalue weighted by Gasteiger charge is -2.35. The molecule has 0 aliphatic carbocycles. The van der Waals surface area contributed by atoms with Crippen molar-refractivity contribution in [3.05, 3.63) is 59.7 Å². The fraction of sp³-hybridized carbons (Fsp3) is 0.278. The molecule has 0 fully saturated rings. The van der Waals surface area contributed by atoms with Crippen LogP contribution in [0.2, 0.25) is 0 Å². The largest absolute Gasteiger partial charge is 0.339 e. The SMILES string of the molecule is CNC1(S)Nc2ccc(C(=O)c3ccccc3)cc2N1S(=O)(=O)C(C)C. The van der Waals surface area contributed by atoms with Crippen LogP contribution < -0.4 is 14.9 Å². The van der Waals surface area contributed by atoms with Crippen molar-refractivity contribution in [2.45, 2.75) is 24.2 Å². The molecule has 2 aromatic rings. The van der Waals surface area contributed by atoms with Crippen molar-refractivity contribution in [1.29, 1.82) is 0 Å². The fourth-order valence-corrected chi connectivity index (χ4v) is 4.73. The van der Waals surface area contributed by atoms with Gasteiger partial charge in [0.15, 0.2) is 5.78 Å². The van der Waals surface area contributed by atoms with Crippen molar-refractivity contribution >= 4 is 39.8 Å². The Bertz CT molecular complexity index is 945. The molecule has 6 nitrogen and oxygen atoms in total. The Kier molecular flexibility index (Phi) is 4.76. The molecule has 0 aromatic heterocycles. The van der Waals surface area contributed by atoms with E-state index in [2.05, 4.69) is 23.3 Å². The van der Waals surface area contributed by atoms with Gasteiger partial charge in [0.1, 0.15) is 0 Å². The number of carbonyl (C=O) groups is 1. The van der Waals surface area contributed by atoms with E-state index in [0.717, 1.165) is 0 Å². The standard InChI is InChI=1S/C18H21N3O3S2/c1-12(2)26(23,24)21-16-11-14(17(22)13-7-5-4-6-8-13)9-10-15(16)20-18(21,25)19-3/h4-12,19-20,25H,1-3H3. The topological polar surface area (TPSA) is 78.5 Å².